The van der Waals surface area contributed by atoms with Gasteiger partial charge in [0.25, 0.3) is 0 Å². The minimum absolute atomic E-state index is 0.0369. The number of phenols is 1. The Morgan fingerprint density at radius 2 is 2.18 bits per heavy atom. The predicted octanol–water partition coefficient (Wildman–Crippen LogP) is 1.64. The Morgan fingerprint density at radius 1 is 1.32 bits per heavy atom. The number of hydrogen-bond acceptors (Lipinski definition) is 5. The van der Waals surface area contributed by atoms with E-state index in [0.717, 1.165) is 18.9 Å². The molecule has 3 fully saturated rings. The fraction of sp³-hybridized carbons (Fsp3) is 0.579. The summed E-state index contributed by atoms with van der Waals surface area (Å²) in [7, 11) is 0. The second-order valence-corrected chi connectivity index (χ2v) is 7.67. The standard InChI is InChI=1S/C19H24FN3O5/c20-15-6-14(7-16(24)8-15)13-2-1-3-22(9-13)17(25)21-10-19-11-27-5-4-23(19)18(26)28-12-19/h6-8,13,24H,1-5,9-12H2,(H,21,25). The molecule has 0 aromatic heterocycles. The SMILES string of the molecule is O=C(NCC12COCCN1C(=O)OC2)N1CCCC(c2cc(O)cc(F)c2)C1. The number of carbonyl (C=O) groups excluding carboxylic acids is 2. The number of ether oxygens (including phenoxy) is 2. The van der Waals surface area contributed by atoms with Crippen molar-refractivity contribution in [2.45, 2.75) is 24.3 Å². The maximum Gasteiger partial charge on any atom is 0.410 e. The van der Waals surface area contributed by atoms with Crippen LogP contribution in [0.4, 0.5) is 14.0 Å². The molecule has 1 aromatic rings. The van der Waals surface area contributed by atoms with E-state index in [1.54, 1.807) is 15.9 Å². The summed E-state index contributed by atoms with van der Waals surface area (Å²) in [6.07, 6.45) is 1.24. The van der Waals surface area contributed by atoms with Crippen LogP contribution in [0.3, 0.4) is 0 Å². The zero-order valence-corrected chi connectivity index (χ0v) is 15.5. The van der Waals surface area contributed by atoms with Crippen LogP contribution >= 0.6 is 0 Å². The number of halogens is 1. The van der Waals surface area contributed by atoms with E-state index < -0.39 is 11.4 Å². The van der Waals surface area contributed by atoms with Gasteiger partial charge in [-0.3, -0.25) is 4.90 Å². The highest BCUT2D eigenvalue weighted by atomic mass is 19.1. The maximum atomic E-state index is 13.6. The van der Waals surface area contributed by atoms with Crippen LogP contribution in [0.25, 0.3) is 0 Å². The topological polar surface area (TPSA) is 91.3 Å². The quantitative estimate of drug-likeness (QED) is 0.815. The van der Waals surface area contributed by atoms with Crippen molar-refractivity contribution in [1.82, 2.24) is 15.1 Å². The summed E-state index contributed by atoms with van der Waals surface area (Å²) in [4.78, 5) is 27.9. The molecule has 2 unspecified atom stereocenters. The average molecular weight is 393 g/mol. The highest BCUT2D eigenvalue weighted by Gasteiger charge is 2.49. The molecule has 1 aromatic carbocycles. The number of likely N-dealkylation sites (tertiary alicyclic amines) is 1. The fourth-order valence-corrected chi connectivity index (χ4v) is 4.23. The second-order valence-electron chi connectivity index (χ2n) is 7.67. The van der Waals surface area contributed by atoms with E-state index in [4.69, 9.17) is 9.47 Å². The first-order valence-corrected chi connectivity index (χ1v) is 9.51. The summed E-state index contributed by atoms with van der Waals surface area (Å²) >= 11 is 0. The maximum absolute atomic E-state index is 13.6. The van der Waals surface area contributed by atoms with Crippen LogP contribution in [0.15, 0.2) is 18.2 Å². The summed E-state index contributed by atoms with van der Waals surface area (Å²) in [6, 6.07) is 3.79. The van der Waals surface area contributed by atoms with E-state index in [1.165, 1.54) is 6.07 Å². The Bertz CT molecular complexity index is 756. The number of morpholine rings is 1. The zero-order valence-electron chi connectivity index (χ0n) is 15.5. The lowest BCUT2D eigenvalue weighted by Gasteiger charge is -2.40. The van der Waals surface area contributed by atoms with E-state index >= 15 is 0 Å². The van der Waals surface area contributed by atoms with Crippen molar-refractivity contribution >= 4 is 12.1 Å². The molecular formula is C19H24FN3O5. The van der Waals surface area contributed by atoms with Gasteiger partial charge in [-0.15, -0.1) is 0 Å². The van der Waals surface area contributed by atoms with Gasteiger partial charge in [-0.2, -0.15) is 0 Å². The van der Waals surface area contributed by atoms with Gasteiger partial charge >= 0.3 is 12.1 Å². The van der Waals surface area contributed by atoms with Gasteiger partial charge in [0.05, 0.1) is 13.2 Å². The van der Waals surface area contributed by atoms with Crippen LogP contribution in [0, 0.1) is 5.82 Å². The predicted molar refractivity (Wildman–Crippen MR) is 96.6 cm³/mol. The first kappa shape index (κ1) is 18.8. The van der Waals surface area contributed by atoms with Crippen molar-refractivity contribution in [3.05, 3.63) is 29.6 Å². The van der Waals surface area contributed by atoms with Crippen molar-refractivity contribution in [1.29, 1.82) is 0 Å². The van der Waals surface area contributed by atoms with E-state index in [0.29, 0.717) is 38.4 Å². The number of cyclic esters (lactones) is 1. The van der Waals surface area contributed by atoms with Crippen LogP contribution in [0.1, 0.15) is 24.3 Å². The molecule has 8 nitrogen and oxygen atoms in total. The van der Waals surface area contributed by atoms with Crippen molar-refractivity contribution in [3.63, 3.8) is 0 Å². The van der Waals surface area contributed by atoms with Crippen LogP contribution in [0.2, 0.25) is 0 Å². The molecule has 3 aliphatic rings. The van der Waals surface area contributed by atoms with Gasteiger partial charge in [-0.25, -0.2) is 14.0 Å². The van der Waals surface area contributed by atoms with Gasteiger partial charge in [-0.1, -0.05) is 0 Å². The summed E-state index contributed by atoms with van der Waals surface area (Å²) in [5, 5.41) is 12.6. The average Bonchev–Trinajstić information content (AvgIpc) is 3.03. The van der Waals surface area contributed by atoms with Gasteiger partial charge in [0.15, 0.2) is 0 Å². The molecule has 3 heterocycles. The zero-order chi connectivity index (χ0) is 19.7. The first-order valence-electron chi connectivity index (χ1n) is 9.51. The van der Waals surface area contributed by atoms with E-state index in [2.05, 4.69) is 5.32 Å². The number of hydrogen-bond donors (Lipinski definition) is 2. The number of phenolic OH excluding ortho intramolecular Hbond substituents is 1. The third-order valence-corrected chi connectivity index (χ3v) is 5.74. The van der Waals surface area contributed by atoms with Crippen molar-refractivity contribution in [3.8, 4) is 5.75 Å². The molecule has 4 rings (SSSR count). The summed E-state index contributed by atoms with van der Waals surface area (Å²) in [5.74, 6) is -0.636. The number of aromatic hydroxyl groups is 1. The molecule has 152 valence electrons. The minimum Gasteiger partial charge on any atom is -0.508 e. The Morgan fingerprint density at radius 3 is 3.00 bits per heavy atom. The number of nitrogens with zero attached hydrogens (tertiary/aromatic N) is 2. The summed E-state index contributed by atoms with van der Waals surface area (Å²) in [5.41, 5.74) is 0.0318. The van der Waals surface area contributed by atoms with E-state index in [-0.39, 0.29) is 36.9 Å². The largest absolute Gasteiger partial charge is 0.508 e. The molecule has 2 atom stereocenters. The fourth-order valence-electron chi connectivity index (χ4n) is 4.23. The lowest BCUT2D eigenvalue weighted by Crippen LogP contribution is -2.62. The van der Waals surface area contributed by atoms with Crippen molar-refractivity contribution in [2.24, 2.45) is 0 Å². The number of fused-ring (bicyclic) bond motifs is 1. The van der Waals surface area contributed by atoms with Crippen LogP contribution < -0.4 is 5.32 Å². The lowest BCUT2D eigenvalue weighted by molar-refractivity contribution is -0.0258. The molecule has 0 aliphatic carbocycles. The molecule has 3 saturated heterocycles. The highest BCUT2D eigenvalue weighted by molar-refractivity contribution is 5.75. The normalized spacial score (nSPS) is 27.3. The molecule has 9 heteroatoms. The van der Waals surface area contributed by atoms with Gasteiger partial charge in [0, 0.05) is 38.2 Å². The Hall–Kier alpha value is -2.55. The Labute approximate surface area is 162 Å². The molecule has 0 spiro atoms. The van der Waals surface area contributed by atoms with Crippen LogP contribution in [-0.4, -0.2) is 78.6 Å². The summed E-state index contributed by atoms with van der Waals surface area (Å²) < 4.78 is 24.3. The highest BCUT2D eigenvalue weighted by Crippen LogP contribution is 2.30. The number of nitrogens with one attached hydrogen (secondary N) is 1. The number of benzene rings is 1. The molecule has 3 aliphatic heterocycles. The van der Waals surface area contributed by atoms with Crippen molar-refractivity contribution < 1.29 is 28.6 Å². The van der Waals surface area contributed by atoms with Gasteiger partial charge in [0.2, 0.25) is 0 Å². The van der Waals surface area contributed by atoms with Gasteiger partial charge in [-0.05, 0) is 30.5 Å². The smallest absolute Gasteiger partial charge is 0.410 e. The number of rotatable bonds is 3. The lowest BCUT2D eigenvalue weighted by atomic mass is 9.90. The van der Waals surface area contributed by atoms with Gasteiger partial charge in [0.1, 0.15) is 23.7 Å². The Balaban J connectivity index is 1.39. The molecule has 28 heavy (non-hydrogen) atoms. The number of amides is 3. The number of piperidine rings is 1. The number of carbonyl (C=O) groups is 2. The van der Waals surface area contributed by atoms with Crippen LogP contribution in [-0.2, 0) is 9.47 Å². The van der Waals surface area contributed by atoms with Gasteiger partial charge < -0.3 is 24.8 Å². The molecule has 3 amide bonds. The molecule has 2 N–H and O–H groups in total. The number of urea groups is 1. The first-order chi connectivity index (χ1) is 13.5. The molecule has 0 bridgehead atoms. The summed E-state index contributed by atoms with van der Waals surface area (Å²) in [6.45, 7) is 2.72. The molecular weight excluding hydrogens is 369 g/mol. The Kier molecular flexibility index (Phi) is 5.01. The van der Waals surface area contributed by atoms with Crippen LogP contribution in [0.5, 0.6) is 5.75 Å². The molecule has 0 radical (unpaired) electrons. The third kappa shape index (κ3) is 3.58. The third-order valence-electron chi connectivity index (χ3n) is 5.74. The van der Waals surface area contributed by atoms with E-state index in [9.17, 15) is 19.1 Å². The van der Waals surface area contributed by atoms with Crippen molar-refractivity contribution in [2.75, 3.05) is 46.0 Å². The monoisotopic (exact) mass is 393 g/mol. The second kappa shape index (κ2) is 7.46. The molecule has 0 saturated carbocycles. The van der Waals surface area contributed by atoms with E-state index in [1.807, 2.05) is 0 Å². The minimum atomic E-state index is -0.658.